The summed E-state index contributed by atoms with van der Waals surface area (Å²) in [5, 5.41) is 16.2. The van der Waals surface area contributed by atoms with Gasteiger partial charge in [0, 0.05) is 13.5 Å². The van der Waals surface area contributed by atoms with Crippen LogP contribution in [-0.4, -0.2) is 55.3 Å². The summed E-state index contributed by atoms with van der Waals surface area (Å²) in [6.45, 7) is 0.276. The molecule has 4 aromatic carbocycles. The number of ether oxygens (including phenoxy) is 3. The molecule has 1 aliphatic rings. The third-order valence-corrected chi connectivity index (χ3v) is 9.62. The Hall–Kier alpha value is -5.25. The molecule has 54 heavy (non-hydrogen) atoms. The van der Waals surface area contributed by atoms with Gasteiger partial charge in [-0.2, -0.15) is 0 Å². The van der Waals surface area contributed by atoms with Gasteiger partial charge >= 0.3 is 5.97 Å². The van der Waals surface area contributed by atoms with E-state index in [0.717, 1.165) is 40.8 Å². The van der Waals surface area contributed by atoms with Crippen molar-refractivity contribution in [2.45, 2.75) is 69.7 Å². The molecule has 0 radical (unpaired) electrons. The van der Waals surface area contributed by atoms with Crippen LogP contribution in [0, 0.1) is 11.8 Å². The Labute approximate surface area is 318 Å². The van der Waals surface area contributed by atoms with Crippen molar-refractivity contribution in [1.82, 2.24) is 10.6 Å². The molecule has 2 amide bonds. The summed E-state index contributed by atoms with van der Waals surface area (Å²) in [7, 11) is 1.54. The molecule has 0 spiro atoms. The zero-order valence-corrected chi connectivity index (χ0v) is 31.0. The molecule has 0 fully saturated rings. The second-order valence-corrected chi connectivity index (χ2v) is 13.8. The summed E-state index contributed by atoms with van der Waals surface area (Å²) in [5.74, 6) is -1.37. The van der Waals surface area contributed by atoms with Crippen LogP contribution >= 0.6 is 0 Å². The van der Waals surface area contributed by atoms with E-state index in [0.29, 0.717) is 32.3 Å². The number of cyclic esters (lactones) is 1. The predicted octanol–water partition coefficient (Wildman–Crippen LogP) is 6.70. The van der Waals surface area contributed by atoms with Crippen LogP contribution in [0.2, 0.25) is 0 Å². The van der Waals surface area contributed by atoms with Crippen molar-refractivity contribution in [3.63, 3.8) is 0 Å². The molecule has 5 atom stereocenters. The molecular formula is C45H52N2O7. The molecule has 284 valence electrons. The first kappa shape index (κ1) is 39.9. The van der Waals surface area contributed by atoms with E-state index in [-0.39, 0.29) is 43.3 Å². The van der Waals surface area contributed by atoms with Crippen LogP contribution in [0.5, 0.6) is 5.75 Å². The third kappa shape index (κ3) is 12.7. The van der Waals surface area contributed by atoms with E-state index in [1.807, 2.05) is 127 Å². The number of nitrogens with one attached hydrogen (secondary N) is 2. The van der Waals surface area contributed by atoms with Crippen molar-refractivity contribution >= 4 is 17.8 Å². The first-order valence-electron chi connectivity index (χ1n) is 18.8. The highest BCUT2D eigenvalue weighted by Crippen LogP contribution is 2.27. The lowest BCUT2D eigenvalue weighted by molar-refractivity contribution is -0.158. The molecule has 1 aliphatic heterocycles. The van der Waals surface area contributed by atoms with Crippen LogP contribution < -0.4 is 15.4 Å². The number of allylic oxidation sites excluding steroid dienone is 2. The third-order valence-electron chi connectivity index (χ3n) is 9.62. The van der Waals surface area contributed by atoms with Crippen molar-refractivity contribution in [1.29, 1.82) is 0 Å². The Bertz CT molecular complexity index is 1750. The summed E-state index contributed by atoms with van der Waals surface area (Å²) < 4.78 is 17.7. The van der Waals surface area contributed by atoms with E-state index in [4.69, 9.17) is 14.2 Å². The first-order valence-corrected chi connectivity index (χ1v) is 18.8. The highest BCUT2D eigenvalue weighted by atomic mass is 16.5. The summed E-state index contributed by atoms with van der Waals surface area (Å²) in [6, 6.07) is 35.5. The zero-order valence-electron chi connectivity index (χ0n) is 31.0. The normalized spacial score (nSPS) is 20.2. The topological polar surface area (TPSA) is 123 Å². The maximum atomic E-state index is 14.0. The van der Waals surface area contributed by atoms with E-state index in [1.54, 1.807) is 0 Å². The standard InChI is InChI=1S/C45H52N2O7/c1-52-32-41-43(36-19-13-6-14-20-36)54-45(51)38(27-33-15-7-4-8-16-33)22-12-3-2-11-21-37(44(50)47-41)29-42(49)46-39(30-48)28-34-23-25-40(26-24-34)53-31-35-17-9-5-10-18-35/h2,4-11,13-20,23-26,37-39,41,43,48H,3,12,21-22,27-32H2,1H3,(H,46,49)(H,47,50)/t37-,38-,39+,41+,43+/m1/s1. The van der Waals surface area contributed by atoms with Gasteiger partial charge in [0.2, 0.25) is 11.8 Å². The van der Waals surface area contributed by atoms with Crippen molar-refractivity contribution in [3.05, 3.63) is 150 Å². The van der Waals surface area contributed by atoms with E-state index >= 15 is 0 Å². The molecule has 5 rings (SSSR count). The van der Waals surface area contributed by atoms with Crippen LogP contribution in [0.3, 0.4) is 0 Å². The van der Waals surface area contributed by atoms with Gasteiger partial charge in [-0.3, -0.25) is 14.4 Å². The monoisotopic (exact) mass is 732 g/mol. The lowest BCUT2D eigenvalue weighted by atomic mass is 9.92. The number of esters is 1. The Morgan fingerprint density at radius 2 is 1.52 bits per heavy atom. The fourth-order valence-corrected chi connectivity index (χ4v) is 6.70. The number of hydrogen-bond donors (Lipinski definition) is 3. The number of rotatable bonds is 14. The van der Waals surface area contributed by atoms with Crippen molar-refractivity contribution in [2.24, 2.45) is 11.8 Å². The second-order valence-electron chi connectivity index (χ2n) is 13.8. The number of hydrogen-bond acceptors (Lipinski definition) is 7. The first-order chi connectivity index (χ1) is 26.4. The molecule has 4 aromatic rings. The molecule has 9 nitrogen and oxygen atoms in total. The number of benzene rings is 4. The average Bonchev–Trinajstić information content (AvgIpc) is 3.20. The van der Waals surface area contributed by atoms with E-state index in [2.05, 4.69) is 10.6 Å². The fraction of sp³-hybridized carbons (Fsp3) is 0.356. The average molecular weight is 733 g/mol. The highest BCUT2D eigenvalue weighted by Gasteiger charge is 2.33. The lowest BCUT2D eigenvalue weighted by Gasteiger charge is -2.31. The number of methoxy groups -OCH3 is 1. The van der Waals surface area contributed by atoms with E-state index in [1.165, 1.54) is 7.11 Å². The van der Waals surface area contributed by atoms with Crippen LogP contribution in [-0.2, 0) is 43.3 Å². The molecule has 9 heteroatoms. The smallest absolute Gasteiger partial charge is 0.309 e. The largest absolute Gasteiger partial charge is 0.489 e. The molecule has 0 saturated heterocycles. The van der Waals surface area contributed by atoms with Gasteiger partial charge in [-0.05, 0) is 72.9 Å². The molecule has 0 aromatic heterocycles. The molecular weight excluding hydrogens is 681 g/mol. The SMILES string of the molecule is COC[C@@H]1NC(=O)[C@@H](CC(=O)N[C@H](CO)Cc2ccc(OCc3ccccc3)cc2)CC=CCCC[C@H](Cc2ccccc2)C(=O)O[C@H]1c1ccccc1. The molecule has 0 unspecified atom stereocenters. The number of carbonyl (C=O) groups is 3. The zero-order chi connectivity index (χ0) is 38.0. The second kappa shape index (κ2) is 21.5. The summed E-state index contributed by atoms with van der Waals surface area (Å²) in [6.07, 6.45) is 6.46. The maximum absolute atomic E-state index is 14.0. The van der Waals surface area contributed by atoms with Gasteiger partial charge in [-0.15, -0.1) is 0 Å². The fourth-order valence-electron chi connectivity index (χ4n) is 6.70. The molecule has 0 saturated carbocycles. The van der Waals surface area contributed by atoms with Crippen molar-refractivity contribution in [3.8, 4) is 5.75 Å². The molecule has 1 heterocycles. The summed E-state index contributed by atoms with van der Waals surface area (Å²) >= 11 is 0. The Kier molecular flexibility index (Phi) is 15.9. The van der Waals surface area contributed by atoms with Crippen LogP contribution in [0.1, 0.15) is 60.5 Å². The molecule has 0 bridgehead atoms. The number of aliphatic hydroxyl groups excluding tert-OH is 1. The van der Waals surface area contributed by atoms with Gasteiger partial charge in [0.25, 0.3) is 0 Å². The Morgan fingerprint density at radius 1 is 0.852 bits per heavy atom. The van der Waals surface area contributed by atoms with Gasteiger partial charge in [0.05, 0.1) is 37.1 Å². The summed E-state index contributed by atoms with van der Waals surface area (Å²) in [4.78, 5) is 41.4. The quantitative estimate of drug-likeness (QED) is 0.0975. The predicted molar refractivity (Wildman–Crippen MR) is 208 cm³/mol. The number of carbonyl (C=O) groups excluding carboxylic acids is 3. The summed E-state index contributed by atoms with van der Waals surface area (Å²) in [5.41, 5.74) is 3.79. The number of aliphatic hydroxyl groups is 1. The Balaban J connectivity index is 1.26. The van der Waals surface area contributed by atoms with Crippen molar-refractivity contribution < 1.29 is 33.7 Å². The van der Waals surface area contributed by atoms with E-state index < -0.39 is 24.1 Å². The highest BCUT2D eigenvalue weighted by molar-refractivity contribution is 5.86. The van der Waals surface area contributed by atoms with Crippen LogP contribution in [0.15, 0.2) is 127 Å². The minimum absolute atomic E-state index is 0.0827. The number of amides is 2. The Morgan fingerprint density at radius 3 is 2.19 bits per heavy atom. The maximum Gasteiger partial charge on any atom is 0.309 e. The molecule has 3 N–H and O–H groups in total. The minimum atomic E-state index is -0.817. The van der Waals surface area contributed by atoms with Gasteiger partial charge in [0.15, 0.2) is 0 Å². The lowest BCUT2D eigenvalue weighted by Crippen LogP contribution is -2.47. The van der Waals surface area contributed by atoms with Crippen molar-refractivity contribution in [2.75, 3.05) is 20.3 Å². The van der Waals surface area contributed by atoms with Crippen LogP contribution in [0.4, 0.5) is 0 Å². The minimum Gasteiger partial charge on any atom is -0.489 e. The van der Waals surface area contributed by atoms with Crippen LogP contribution in [0.25, 0.3) is 0 Å². The van der Waals surface area contributed by atoms with E-state index in [9.17, 15) is 19.5 Å². The van der Waals surface area contributed by atoms with Gasteiger partial charge < -0.3 is 30.0 Å². The van der Waals surface area contributed by atoms with Gasteiger partial charge in [-0.1, -0.05) is 115 Å². The molecule has 0 aliphatic carbocycles. The van der Waals surface area contributed by atoms with Gasteiger partial charge in [0.1, 0.15) is 18.5 Å². The van der Waals surface area contributed by atoms with Gasteiger partial charge in [-0.25, -0.2) is 0 Å².